The highest BCUT2D eigenvalue weighted by Gasteiger charge is 2.19. The average molecular weight is 292 g/mol. The van der Waals surface area contributed by atoms with Crippen molar-refractivity contribution in [2.75, 3.05) is 19.6 Å². The monoisotopic (exact) mass is 292 g/mol. The van der Waals surface area contributed by atoms with Crippen LogP contribution in [0.3, 0.4) is 0 Å². The molecular weight excluding hydrogens is 260 g/mol. The molecule has 0 aromatic heterocycles. The van der Waals surface area contributed by atoms with Crippen molar-refractivity contribution in [3.63, 3.8) is 0 Å². The molecule has 21 heavy (non-hydrogen) atoms. The van der Waals surface area contributed by atoms with Crippen molar-refractivity contribution < 1.29 is 4.74 Å². The van der Waals surface area contributed by atoms with E-state index in [9.17, 15) is 0 Å². The minimum atomic E-state index is 0.163. The summed E-state index contributed by atoms with van der Waals surface area (Å²) in [5.41, 5.74) is 7.36. The van der Waals surface area contributed by atoms with Gasteiger partial charge in [-0.3, -0.25) is 4.90 Å². The highest BCUT2D eigenvalue weighted by Crippen LogP contribution is 2.19. The van der Waals surface area contributed by atoms with Crippen molar-refractivity contribution >= 4 is 0 Å². The van der Waals surface area contributed by atoms with E-state index in [-0.39, 0.29) is 11.5 Å². The Kier molecular flexibility index (Phi) is 7.20. The van der Waals surface area contributed by atoms with E-state index in [0.717, 1.165) is 31.8 Å². The standard InChI is InChI=1S/C18H32N2O/c1-6-11-20(14-18(4,5)13-19)12-16-7-9-17(10-8-16)21-15(2)3/h7-10,15H,6,11-14,19H2,1-5H3. The summed E-state index contributed by atoms with van der Waals surface area (Å²) in [6.07, 6.45) is 1.38. The van der Waals surface area contributed by atoms with Gasteiger partial charge in [-0.1, -0.05) is 32.9 Å². The zero-order chi connectivity index (χ0) is 15.9. The van der Waals surface area contributed by atoms with Crippen molar-refractivity contribution in [2.24, 2.45) is 11.1 Å². The first-order valence-electron chi connectivity index (χ1n) is 8.04. The zero-order valence-electron chi connectivity index (χ0n) is 14.4. The highest BCUT2D eigenvalue weighted by molar-refractivity contribution is 5.27. The molecule has 0 unspecified atom stereocenters. The van der Waals surface area contributed by atoms with Crippen LogP contribution in [0.5, 0.6) is 5.75 Å². The molecule has 0 spiro atoms. The van der Waals surface area contributed by atoms with Gasteiger partial charge in [-0.25, -0.2) is 0 Å². The van der Waals surface area contributed by atoms with Gasteiger partial charge in [-0.05, 0) is 56.5 Å². The predicted molar refractivity (Wildman–Crippen MR) is 90.6 cm³/mol. The normalized spacial score (nSPS) is 12.2. The van der Waals surface area contributed by atoms with Crippen molar-refractivity contribution in [2.45, 2.75) is 53.7 Å². The van der Waals surface area contributed by atoms with Crippen LogP contribution in [0, 0.1) is 5.41 Å². The summed E-state index contributed by atoms with van der Waals surface area (Å²) in [4.78, 5) is 2.49. The number of rotatable bonds is 9. The Balaban J connectivity index is 2.66. The second kappa shape index (κ2) is 8.40. The molecule has 2 N–H and O–H groups in total. The van der Waals surface area contributed by atoms with Crippen LogP contribution in [0.1, 0.15) is 46.6 Å². The van der Waals surface area contributed by atoms with E-state index in [2.05, 4.69) is 49.9 Å². The Morgan fingerprint density at radius 1 is 1.19 bits per heavy atom. The molecular formula is C18H32N2O. The number of hydrogen-bond donors (Lipinski definition) is 1. The fraction of sp³-hybridized carbons (Fsp3) is 0.667. The third-order valence-electron chi connectivity index (χ3n) is 3.45. The molecule has 1 aromatic rings. The van der Waals surface area contributed by atoms with Crippen molar-refractivity contribution in [3.8, 4) is 5.75 Å². The van der Waals surface area contributed by atoms with E-state index >= 15 is 0 Å². The smallest absolute Gasteiger partial charge is 0.119 e. The van der Waals surface area contributed by atoms with E-state index in [1.807, 2.05) is 13.8 Å². The van der Waals surface area contributed by atoms with Crippen LogP contribution in [0.25, 0.3) is 0 Å². The van der Waals surface area contributed by atoms with E-state index in [1.54, 1.807) is 0 Å². The van der Waals surface area contributed by atoms with Gasteiger partial charge < -0.3 is 10.5 Å². The number of ether oxygens (including phenoxy) is 1. The Labute approximate surface area is 130 Å². The molecule has 0 aliphatic carbocycles. The van der Waals surface area contributed by atoms with E-state index in [1.165, 1.54) is 5.56 Å². The molecule has 0 radical (unpaired) electrons. The number of benzene rings is 1. The molecule has 0 heterocycles. The van der Waals surface area contributed by atoms with Crippen LogP contribution in [0.4, 0.5) is 0 Å². The number of nitrogens with two attached hydrogens (primary N) is 1. The van der Waals surface area contributed by atoms with Gasteiger partial charge in [-0.15, -0.1) is 0 Å². The third kappa shape index (κ3) is 6.96. The number of nitrogens with zero attached hydrogens (tertiary/aromatic N) is 1. The lowest BCUT2D eigenvalue weighted by Crippen LogP contribution is -2.38. The van der Waals surface area contributed by atoms with Gasteiger partial charge in [-0.2, -0.15) is 0 Å². The van der Waals surface area contributed by atoms with Crippen LogP contribution >= 0.6 is 0 Å². The van der Waals surface area contributed by atoms with Gasteiger partial charge in [0.25, 0.3) is 0 Å². The van der Waals surface area contributed by atoms with Crippen molar-refractivity contribution in [1.82, 2.24) is 4.90 Å². The fourth-order valence-electron chi connectivity index (χ4n) is 2.40. The third-order valence-corrected chi connectivity index (χ3v) is 3.45. The minimum absolute atomic E-state index is 0.163. The molecule has 0 atom stereocenters. The molecule has 1 rings (SSSR count). The summed E-state index contributed by atoms with van der Waals surface area (Å²) in [5.74, 6) is 0.943. The maximum Gasteiger partial charge on any atom is 0.119 e. The van der Waals surface area contributed by atoms with Crippen LogP contribution in [0.2, 0.25) is 0 Å². The fourth-order valence-corrected chi connectivity index (χ4v) is 2.40. The summed E-state index contributed by atoms with van der Waals surface area (Å²) in [6, 6.07) is 8.45. The van der Waals surface area contributed by atoms with E-state index in [0.29, 0.717) is 6.54 Å². The average Bonchev–Trinajstić information content (AvgIpc) is 2.40. The quantitative estimate of drug-likeness (QED) is 0.754. The Bertz CT molecular complexity index is 398. The van der Waals surface area contributed by atoms with Gasteiger partial charge in [0, 0.05) is 13.1 Å². The van der Waals surface area contributed by atoms with Crippen LogP contribution in [0.15, 0.2) is 24.3 Å². The first-order valence-corrected chi connectivity index (χ1v) is 8.04. The SMILES string of the molecule is CCCN(Cc1ccc(OC(C)C)cc1)CC(C)(C)CN. The van der Waals surface area contributed by atoms with Crippen LogP contribution in [-0.2, 0) is 6.54 Å². The minimum Gasteiger partial charge on any atom is -0.491 e. The topological polar surface area (TPSA) is 38.5 Å². The van der Waals surface area contributed by atoms with Gasteiger partial charge >= 0.3 is 0 Å². The second-order valence-electron chi connectivity index (χ2n) is 6.89. The molecule has 0 aliphatic heterocycles. The molecule has 0 fully saturated rings. The van der Waals surface area contributed by atoms with E-state index in [4.69, 9.17) is 10.5 Å². The molecule has 0 bridgehead atoms. The molecule has 0 amide bonds. The maximum atomic E-state index is 5.87. The Morgan fingerprint density at radius 2 is 1.81 bits per heavy atom. The molecule has 3 heteroatoms. The zero-order valence-corrected chi connectivity index (χ0v) is 14.4. The predicted octanol–water partition coefficient (Wildman–Crippen LogP) is 3.67. The summed E-state index contributed by atoms with van der Waals surface area (Å²) >= 11 is 0. The second-order valence-corrected chi connectivity index (χ2v) is 6.89. The summed E-state index contributed by atoms with van der Waals surface area (Å²) in [7, 11) is 0. The van der Waals surface area contributed by atoms with Gasteiger partial charge in [0.15, 0.2) is 0 Å². The van der Waals surface area contributed by atoms with E-state index < -0.39 is 0 Å². The number of hydrogen-bond acceptors (Lipinski definition) is 3. The lowest BCUT2D eigenvalue weighted by molar-refractivity contribution is 0.176. The first-order chi connectivity index (χ1) is 9.86. The van der Waals surface area contributed by atoms with Gasteiger partial charge in [0.2, 0.25) is 0 Å². The lowest BCUT2D eigenvalue weighted by atomic mass is 9.93. The van der Waals surface area contributed by atoms with Gasteiger partial charge in [0.05, 0.1) is 6.10 Å². The molecule has 120 valence electrons. The molecule has 0 saturated heterocycles. The Morgan fingerprint density at radius 3 is 2.29 bits per heavy atom. The summed E-state index contributed by atoms with van der Waals surface area (Å²) < 4.78 is 5.69. The Hall–Kier alpha value is -1.06. The molecule has 3 nitrogen and oxygen atoms in total. The molecule has 0 aliphatic rings. The van der Waals surface area contributed by atoms with Gasteiger partial charge in [0.1, 0.15) is 5.75 Å². The van der Waals surface area contributed by atoms with Crippen molar-refractivity contribution in [3.05, 3.63) is 29.8 Å². The van der Waals surface area contributed by atoms with Crippen molar-refractivity contribution in [1.29, 1.82) is 0 Å². The highest BCUT2D eigenvalue weighted by atomic mass is 16.5. The summed E-state index contributed by atoms with van der Waals surface area (Å²) in [5, 5.41) is 0. The molecule has 0 saturated carbocycles. The summed E-state index contributed by atoms with van der Waals surface area (Å²) in [6.45, 7) is 14.6. The molecule has 1 aromatic carbocycles. The largest absolute Gasteiger partial charge is 0.491 e. The first kappa shape index (κ1) is 18.0. The maximum absolute atomic E-state index is 5.87. The van der Waals surface area contributed by atoms with Crippen LogP contribution < -0.4 is 10.5 Å². The van der Waals surface area contributed by atoms with Crippen LogP contribution in [-0.4, -0.2) is 30.6 Å². The lowest BCUT2D eigenvalue weighted by Gasteiger charge is -2.31.